The van der Waals surface area contributed by atoms with Crippen LogP contribution in [0.2, 0.25) is 0 Å². The van der Waals surface area contributed by atoms with Crippen LogP contribution in [0.3, 0.4) is 0 Å². The molecule has 2 aromatic carbocycles. The number of hydrogen-bond donors (Lipinski definition) is 0. The molecule has 0 radical (unpaired) electrons. The summed E-state index contributed by atoms with van der Waals surface area (Å²) in [7, 11) is 3.15. The number of methoxy groups -OCH3 is 2. The van der Waals surface area contributed by atoms with Crippen LogP contribution in [0.25, 0.3) is 11.0 Å². The van der Waals surface area contributed by atoms with Gasteiger partial charge < -0.3 is 19.3 Å². The summed E-state index contributed by atoms with van der Waals surface area (Å²) in [5.41, 5.74) is 2.26. The Kier molecular flexibility index (Phi) is 4.65. The predicted octanol–water partition coefficient (Wildman–Crippen LogP) is 3.00. The van der Waals surface area contributed by atoms with Gasteiger partial charge in [-0.1, -0.05) is 18.2 Å². The highest BCUT2D eigenvalue weighted by atomic mass is 16.5. The van der Waals surface area contributed by atoms with E-state index in [1.807, 2.05) is 41.4 Å². The molecule has 2 aliphatic heterocycles. The summed E-state index contributed by atoms with van der Waals surface area (Å²) < 4.78 is 10.9. The smallest absolute Gasteiger partial charge is 0.261 e. The van der Waals surface area contributed by atoms with Gasteiger partial charge in [-0.15, -0.1) is 0 Å². The van der Waals surface area contributed by atoms with Gasteiger partial charge in [0.05, 0.1) is 37.5 Å². The van der Waals surface area contributed by atoms with Gasteiger partial charge in [-0.25, -0.2) is 4.98 Å². The van der Waals surface area contributed by atoms with E-state index < -0.39 is 0 Å². The Morgan fingerprint density at radius 2 is 1.73 bits per heavy atom. The van der Waals surface area contributed by atoms with Crippen molar-refractivity contribution in [2.24, 2.45) is 5.92 Å². The number of piperidine rings is 1. The van der Waals surface area contributed by atoms with Gasteiger partial charge in [0.1, 0.15) is 22.9 Å². The summed E-state index contributed by atoms with van der Waals surface area (Å²) in [6.45, 7) is 2.34. The van der Waals surface area contributed by atoms with E-state index in [2.05, 4.69) is 9.88 Å². The summed E-state index contributed by atoms with van der Waals surface area (Å²) in [5.74, 6) is 2.46. The van der Waals surface area contributed by atoms with Crippen LogP contribution in [0.5, 0.6) is 11.5 Å². The lowest BCUT2D eigenvalue weighted by atomic mass is 9.82. The first-order valence-electron chi connectivity index (χ1n) is 10.2. The molecule has 0 aliphatic carbocycles. The molecule has 0 N–H and O–H groups in total. The average molecular weight is 404 g/mol. The first-order chi connectivity index (χ1) is 14.7. The first kappa shape index (κ1) is 18.7. The van der Waals surface area contributed by atoms with E-state index in [0.717, 1.165) is 36.4 Å². The highest BCUT2D eigenvalue weighted by molar-refractivity contribution is 6.00. The van der Waals surface area contributed by atoms with E-state index in [4.69, 9.17) is 14.5 Å². The zero-order chi connectivity index (χ0) is 20.7. The van der Waals surface area contributed by atoms with Crippen molar-refractivity contribution in [2.75, 3.05) is 38.8 Å². The minimum Gasteiger partial charge on any atom is -0.496 e. The van der Waals surface area contributed by atoms with E-state index >= 15 is 0 Å². The number of benzene rings is 2. The number of carbonyl (C=O) groups excluding carboxylic acids is 1. The van der Waals surface area contributed by atoms with E-state index in [-0.39, 0.29) is 11.9 Å². The van der Waals surface area contributed by atoms with Crippen LogP contribution in [-0.4, -0.2) is 60.7 Å². The minimum atomic E-state index is -0.0563. The van der Waals surface area contributed by atoms with Crippen molar-refractivity contribution >= 4 is 22.8 Å². The fourth-order valence-electron chi connectivity index (χ4n) is 4.55. The number of likely N-dealkylation sites (tertiary alicyclic amines) is 1. The van der Waals surface area contributed by atoms with E-state index in [9.17, 15) is 4.79 Å². The van der Waals surface area contributed by atoms with Crippen LogP contribution in [0.15, 0.2) is 48.7 Å². The average Bonchev–Trinajstić information content (AvgIpc) is 2.78. The summed E-state index contributed by atoms with van der Waals surface area (Å²) >= 11 is 0. The van der Waals surface area contributed by atoms with Crippen LogP contribution in [0.1, 0.15) is 16.8 Å². The molecular formula is C23H24N4O3. The Balaban J connectivity index is 1.39. The SMILES string of the molecule is COc1cccc(OC)c1C(=O)N1CC[C@H]2CN(c3cnc4ccccc4n3)[C@H]2C1. The molecule has 2 aliphatic rings. The monoisotopic (exact) mass is 404 g/mol. The van der Waals surface area contributed by atoms with Gasteiger partial charge in [-0.3, -0.25) is 9.78 Å². The minimum absolute atomic E-state index is 0.0563. The molecule has 7 heteroatoms. The number of para-hydroxylation sites is 2. The molecule has 0 bridgehead atoms. The van der Waals surface area contributed by atoms with Crippen LogP contribution < -0.4 is 14.4 Å². The molecule has 1 amide bonds. The lowest BCUT2D eigenvalue weighted by Crippen LogP contribution is -2.65. The molecule has 2 fully saturated rings. The summed E-state index contributed by atoms with van der Waals surface area (Å²) in [6, 6.07) is 13.5. The third-order valence-electron chi connectivity index (χ3n) is 6.21. The van der Waals surface area contributed by atoms with E-state index in [1.165, 1.54) is 0 Å². The van der Waals surface area contributed by atoms with Crippen molar-refractivity contribution in [1.29, 1.82) is 0 Å². The second kappa shape index (κ2) is 7.48. The van der Waals surface area contributed by atoms with Crippen LogP contribution >= 0.6 is 0 Å². The number of aromatic nitrogens is 2. The number of rotatable bonds is 4. The molecule has 154 valence electrons. The number of ether oxygens (including phenoxy) is 2. The molecule has 5 rings (SSSR count). The molecule has 0 spiro atoms. The second-order valence-corrected chi connectivity index (χ2v) is 7.77. The molecule has 2 saturated heterocycles. The maximum atomic E-state index is 13.4. The molecule has 30 heavy (non-hydrogen) atoms. The van der Waals surface area contributed by atoms with Gasteiger partial charge in [0, 0.05) is 25.6 Å². The quantitative estimate of drug-likeness (QED) is 0.666. The highest BCUT2D eigenvalue weighted by Gasteiger charge is 2.45. The van der Waals surface area contributed by atoms with Gasteiger partial charge in [-0.05, 0) is 30.7 Å². The second-order valence-electron chi connectivity index (χ2n) is 7.77. The van der Waals surface area contributed by atoms with Gasteiger partial charge in [0.2, 0.25) is 0 Å². The summed E-state index contributed by atoms with van der Waals surface area (Å²) in [6.07, 6.45) is 2.81. The van der Waals surface area contributed by atoms with Gasteiger partial charge in [0.25, 0.3) is 5.91 Å². The lowest BCUT2D eigenvalue weighted by Gasteiger charge is -2.53. The molecule has 3 aromatic rings. The Bertz CT molecular complexity index is 1080. The third-order valence-corrected chi connectivity index (χ3v) is 6.21. The van der Waals surface area contributed by atoms with Crippen molar-refractivity contribution in [2.45, 2.75) is 12.5 Å². The number of anilines is 1. The lowest BCUT2D eigenvalue weighted by molar-refractivity contribution is 0.0585. The van der Waals surface area contributed by atoms with E-state index in [0.29, 0.717) is 29.5 Å². The highest BCUT2D eigenvalue weighted by Crippen LogP contribution is 2.37. The van der Waals surface area contributed by atoms with Crippen molar-refractivity contribution in [3.8, 4) is 11.5 Å². The van der Waals surface area contributed by atoms with Gasteiger partial charge in [0.15, 0.2) is 0 Å². The zero-order valence-electron chi connectivity index (χ0n) is 17.1. The first-order valence-corrected chi connectivity index (χ1v) is 10.2. The topological polar surface area (TPSA) is 67.8 Å². The van der Waals surface area contributed by atoms with Crippen molar-refractivity contribution in [1.82, 2.24) is 14.9 Å². The van der Waals surface area contributed by atoms with Crippen LogP contribution in [-0.2, 0) is 0 Å². The molecular weight excluding hydrogens is 380 g/mol. The molecule has 7 nitrogen and oxygen atoms in total. The van der Waals surface area contributed by atoms with Crippen molar-refractivity contribution in [3.05, 3.63) is 54.2 Å². The molecule has 1 aromatic heterocycles. The largest absolute Gasteiger partial charge is 0.496 e. The Hall–Kier alpha value is -3.35. The van der Waals surface area contributed by atoms with Gasteiger partial charge >= 0.3 is 0 Å². The van der Waals surface area contributed by atoms with Crippen molar-refractivity contribution < 1.29 is 14.3 Å². The fourth-order valence-corrected chi connectivity index (χ4v) is 4.55. The van der Waals surface area contributed by atoms with Crippen molar-refractivity contribution in [3.63, 3.8) is 0 Å². The maximum Gasteiger partial charge on any atom is 0.261 e. The summed E-state index contributed by atoms with van der Waals surface area (Å²) in [5, 5.41) is 0. The molecule has 3 heterocycles. The van der Waals surface area contributed by atoms with Gasteiger partial charge in [-0.2, -0.15) is 0 Å². The Morgan fingerprint density at radius 1 is 1.00 bits per heavy atom. The number of hydrogen-bond acceptors (Lipinski definition) is 6. The third kappa shape index (κ3) is 3.01. The van der Waals surface area contributed by atoms with Crippen LogP contribution in [0, 0.1) is 5.92 Å². The number of fused-ring (bicyclic) bond motifs is 2. The van der Waals surface area contributed by atoms with Crippen LogP contribution in [0.4, 0.5) is 5.82 Å². The molecule has 2 atom stereocenters. The number of nitrogens with zero attached hydrogens (tertiary/aromatic N) is 4. The Morgan fingerprint density at radius 3 is 2.47 bits per heavy atom. The summed E-state index contributed by atoms with van der Waals surface area (Å²) in [4.78, 5) is 26.9. The fraction of sp³-hybridized carbons (Fsp3) is 0.348. The molecule has 0 saturated carbocycles. The normalized spacial score (nSPS) is 20.5. The predicted molar refractivity (Wildman–Crippen MR) is 114 cm³/mol. The zero-order valence-corrected chi connectivity index (χ0v) is 17.1. The standard InChI is InChI=1S/C23H24N4O3/c1-29-19-8-5-9-20(30-2)22(19)23(28)26-11-10-15-13-27(18(15)14-26)21-12-24-16-6-3-4-7-17(16)25-21/h3-9,12,15,18H,10-11,13-14H2,1-2H3/t15-,18-/m0/s1. The number of amides is 1. The van der Waals surface area contributed by atoms with E-state index in [1.54, 1.807) is 26.4 Å². The maximum absolute atomic E-state index is 13.4. The number of carbonyl (C=O) groups is 1. The Labute approximate surface area is 175 Å². The molecule has 0 unspecified atom stereocenters.